The minimum absolute atomic E-state index is 0.0112. The minimum atomic E-state index is -4.24. The van der Waals surface area contributed by atoms with Gasteiger partial charge in [0, 0.05) is 6.54 Å². The van der Waals surface area contributed by atoms with Gasteiger partial charge in [0.1, 0.15) is 10.7 Å². The second kappa shape index (κ2) is 9.63. The third-order valence-corrected chi connectivity index (χ3v) is 7.62. The number of ether oxygens (including phenoxy) is 2. The van der Waals surface area contributed by atoms with Gasteiger partial charge >= 0.3 is 5.97 Å². The van der Waals surface area contributed by atoms with Crippen LogP contribution in [0.25, 0.3) is 0 Å². The van der Waals surface area contributed by atoms with Gasteiger partial charge in [-0.15, -0.1) is 0 Å². The standard InChI is InChI=1S/C26H23NO7S/c1-33-20-8-6-7-17(15-20)16-27-22(18-11-13-19(14-12-18)26(30)34-2)24(23(28)25(27)29)35(31,32)21-9-4-3-5-10-21/h3-15,22,28H,16H2,1-2H3/t22-/m0/s1. The number of hydrogen-bond donors (Lipinski definition) is 1. The average molecular weight is 494 g/mol. The van der Waals surface area contributed by atoms with E-state index in [-0.39, 0.29) is 17.0 Å². The lowest BCUT2D eigenvalue weighted by Gasteiger charge is -2.27. The number of hydrogen-bond acceptors (Lipinski definition) is 7. The Morgan fingerprint density at radius 3 is 2.29 bits per heavy atom. The van der Waals surface area contributed by atoms with Crippen molar-refractivity contribution in [3.8, 4) is 5.75 Å². The summed E-state index contributed by atoms with van der Waals surface area (Å²) in [7, 11) is -1.46. The first kappa shape index (κ1) is 24.0. The Morgan fingerprint density at radius 1 is 0.971 bits per heavy atom. The predicted octanol–water partition coefficient (Wildman–Crippen LogP) is 3.81. The van der Waals surface area contributed by atoms with E-state index in [1.54, 1.807) is 54.6 Å². The van der Waals surface area contributed by atoms with Gasteiger partial charge in [-0.1, -0.05) is 42.5 Å². The van der Waals surface area contributed by atoms with Crippen LogP contribution in [0.1, 0.15) is 27.5 Å². The van der Waals surface area contributed by atoms with Crippen LogP contribution in [0, 0.1) is 0 Å². The van der Waals surface area contributed by atoms with Crippen LogP contribution in [-0.4, -0.2) is 44.5 Å². The van der Waals surface area contributed by atoms with E-state index in [1.165, 1.54) is 43.4 Å². The maximum atomic E-state index is 13.6. The van der Waals surface area contributed by atoms with Crippen molar-refractivity contribution in [2.75, 3.05) is 14.2 Å². The highest BCUT2D eigenvalue weighted by Crippen LogP contribution is 2.43. The molecule has 0 unspecified atom stereocenters. The number of aliphatic hydroxyl groups is 1. The summed E-state index contributed by atoms with van der Waals surface area (Å²) in [5.74, 6) is -1.63. The molecule has 0 aliphatic carbocycles. The number of carbonyl (C=O) groups excluding carboxylic acids is 2. The summed E-state index contributed by atoms with van der Waals surface area (Å²) in [5, 5.41) is 10.8. The molecule has 1 aliphatic rings. The molecular weight excluding hydrogens is 470 g/mol. The molecule has 35 heavy (non-hydrogen) atoms. The number of methoxy groups -OCH3 is 2. The topological polar surface area (TPSA) is 110 Å². The fourth-order valence-electron chi connectivity index (χ4n) is 4.01. The maximum absolute atomic E-state index is 13.6. The highest BCUT2D eigenvalue weighted by atomic mass is 32.2. The van der Waals surface area contributed by atoms with Crippen molar-refractivity contribution in [2.24, 2.45) is 0 Å². The van der Waals surface area contributed by atoms with E-state index in [0.29, 0.717) is 16.9 Å². The second-order valence-corrected chi connectivity index (χ2v) is 9.75. The highest BCUT2D eigenvalue weighted by Gasteiger charge is 2.46. The third-order valence-electron chi connectivity index (χ3n) is 5.73. The maximum Gasteiger partial charge on any atom is 0.337 e. The van der Waals surface area contributed by atoms with Gasteiger partial charge in [0.15, 0.2) is 5.76 Å². The van der Waals surface area contributed by atoms with Crippen LogP contribution in [0.4, 0.5) is 0 Å². The van der Waals surface area contributed by atoms with Gasteiger partial charge in [-0.25, -0.2) is 13.2 Å². The number of benzene rings is 3. The lowest BCUT2D eigenvalue weighted by Crippen LogP contribution is -2.30. The molecule has 0 spiro atoms. The molecule has 0 fully saturated rings. The summed E-state index contributed by atoms with van der Waals surface area (Å²) in [4.78, 5) is 25.9. The summed E-state index contributed by atoms with van der Waals surface area (Å²) >= 11 is 0. The number of nitrogens with zero attached hydrogens (tertiary/aromatic N) is 1. The van der Waals surface area contributed by atoms with Gasteiger partial charge in [-0.2, -0.15) is 0 Å². The minimum Gasteiger partial charge on any atom is -0.502 e. The number of aliphatic hydroxyl groups excluding tert-OH is 1. The molecule has 0 bridgehead atoms. The largest absolute Gasteiger partial charge is 0.502 e. The van der Waals surface area contributed by atoms with Gasteiger partial charge in [0.2, 0.25) is 9.84 Å². The number of sulfone groups is 1. The molecule has 3 aromatic carbocycles. The smallest absolute Gasteiger partial charge is 0.337 e. The molecule has 180 valence electrons. The summed E-state index contributed by atoms with van der Waals surface area (Å²) in [6.45, 7) is 0.0112. The molecule has 1 heterocycles. The van der Waals surface area contributed by atoms with Crippen LogP contribution in [0.5, 0.6) is 5.75 Å². The van der Waals surface area contributed by atoms with Gasteiger partial charge in [-0.3, -0.25) is 4.79 Å². The normalized spacial score (nSPS) is 15.9. The van der Waals surface area contributed by atoms with Crippen LogP contribution in [-0.2, 0) is 25.9 Å². The first-order valence-corrected chi connectivity index (χ1v) is 12.1. The Labute approximate surface area is 202 Å². The van der Waals surface area contributed by atoms with Crippen molar-refractivity contribution in [1.29, 1.82) is 0 Å². The Morgan fingerprint density at radius 2 is 1.66 bits per heavy atom. The fourth-order valence-corrected chi connectivity index (χ4v) is 5.68. The van der Waals surface area contributed by atoms with E-state index in [1.807, 2.05) is 0 Å². The van der Waals surface area contributed by atoms with Crippen molar-refractivity contribution >= 4 is 21.7 Å². The van der Waals surface area contributed by atoms with Crippen LogP contribution in [0.3, 0.4) is 0 Å². The van der Waals surface area contributed by atoms with Gasteiger partial charge in [0.25, 0.3) is 5.91 Å². The second-order valence-electron chi connectivity index (χ2n) is 7.83. The third kappa shape index (κ3) is 4.50. The number of esters is 1. The van der Waals surface area contributed by atoms with Crippen molar-refractivity contribution in [1.82, 2.24) is 4.90 Å². The Kier molecular flexibility index (Phi) is 6.61. The molecule has 0 aromatic heterocycles. The van der Waals surface area contributed by atoms with Crippen LogP contribution in [0.2, 0.25) is 0 Å². The Balaban J connectivity index is 1.84. The molecular formula is C26H23NO7S. The van der Waals surface area contributed by atoms with Gasteiger partial charge < -0.3 is 19.5 Å². The van der Waals surface area contributed by atoms with Crippen molar-refractivity contribution in [3.63, 3.8) is 0 Å². The van der Waals surface area contributed by atoms with E-state index in [9.17, 15) is 23.1 Å². The summed E-state index contributed by atoms with van der Waals surface area (Å²) in [6.07, 6.45) is 0. The molecule has 1 aliphatic heterocycles. The summed E-state index contributed by atoms with van der Waals surface area (Å²) in [5.41, 5.74) is 1.35. The molecule has 1 amide bonds. The predicted molar refractivity (Wildman–Crippen MR) is 127 cm³/mol. The highest BCUT2D eigenvalue weighted by molar-refractivity contribution is 7.95. The molecule has 0 radical (unpaired) electrons. The van der Waals surface area contributed by atoms with E-state index >= 15 is 0 Å². The Hall–Kier alpha value is -4.11. The van der Waals surface area contributed by atoms with Gasteiger partial charge in [0.05, 0.1) is 30.7 Å². The summed E-state index contributed by atoms with van der Waals surface area (Å²) in [6, 6.07) is 19.5. The zero-order valence-corrected chi connectivity index (χ0v) is 19.9. The quantitative estimate of drug-likeness (QED) is 0.499. The molecule has 0 saturated heterocycles. The lowest BCUT2D eigenvalue weighted by molar-refractivity contribution is -0.130. The zero-order chi connectivity index (χ0) is 25.2. The molecule has 3 aromatic rings. The monoisotopic (exact) mass is 493 g/mol. The first-order chi connectivity index (χ1) is 16.8. The van der Waals surface area contributed by atoms with Crippen LogP contribution in [0.15, 0.2) is 94.4 Å². The first-order valence-electron chi connectivity index (χ1n) is 10.6. The van der Waals surface area contributed by atoms with E-state index < -0.39 is 38.4 Å². The average Bonchev–Trinajstić information content (AvgIpc) is 3.14. The van der Waals surface area contributed by atoms with Crippen molar-refractivity contribution in [2.45, 2.75) is 17.5 Å². The lowest BCUT2D eigenvalue weighted by atomic mass is 10.0. The molecule has 8 nitrogen and oxygen atoms in total. The molecule has 0 saturated carbocycles. The van der Waals surface area contributed by atoms with E-state index in [2.05, 4.69) is 0 Å². The molecule has 1 N–H and O–H groups in total. The summed E-state index contributed by atoms with van der Waals surface area (Å²) < 4.78 is 37.2. The number of rotatable bonds is 7. The van der Waals surface area contributed by atoms with E-state index in [0.717, 1.165) is 0 Å². The van der Waals surface area contributed by atoms with Crippen LogP contribution >= 0.6 is 0 Å². The molecule has 1 atom stereocenters. The fraction of sp³-hybridized carbons (Fsp3) is 0.154. The Bertz CT molecular complexity index is 1400. The van der Waals surface area contributed by atoms with Crippen molar-refractivity contribution < 1.29 is 32.6 Å². The number of amides is 1. The molecule has 4 rings (SSSR count). The van der Waals surface area contributed by atoms with Gasteiger partial charge in [-0.05, 0) is 47.5 Å². The zero-order valence-electron chi connectivity index (χ0n) is 19.0. The molecule has 9 heteroatoms. The van der Waals surface area contributed by atoms with Crippen molar-refractivity contribution in [3.05, 3.63) is 106 Å². The SMILES string of the molecule is COC(=O)c1ccc([C@H]2C(S(=O)(=O)c3ccccc3)=C(O)C(=O)N2Cc2cccc(OC)c2)cc1. The van der Waals surface area contributed by atoms with Crippen LogP contribution < -0.4 is 4.74 Å². The number of carbonyl (C=O) groups is 2. The van der Waals surface area contributed by atoms with E-state index in [4.69, 9.17) is 9.47 Å².